The van der Waals surface area contributed by atoms with E-state index in [1.54, 1.807) is 13.3 Å². The molecule has 0 saturated heterocycles. The van der Waals surface area contributed by atoms with Crippen LogP contribution >= 0.6 is 22.6 Å². The van der Waals surface area contributed by atoms with Crippen LogP contribution in [0.2, 0.25) is 0 Å². The number of aromatic nitrogens is 1. The van der Waals surface area contributed by atoms with Crippen molar-refractivity contribution in [3.8, 4) is 23.1 Å². The Balaban J connectivity index is 1.82. The van der Waals surface area contributed by atoms with Gasteiger partial charge in [-0.05, 0) is 58.5 Å². The summed E-state index contributed by atoms with van der Waals surface area (Å²) in [5.41, 5.74) is 1.78. The molecule has 0 aliphatic carbocycles. The lowest BCUT2D eigenvalue weighted by molar-refractivity contribution is 0.239. The van der Waals surface area contributed by atoms with Crippen LogP contribution in [0, 0.1) is 3.57 Å². The molecule has 0 bridgehead atoms. The minimum Gasteiger partial charge on any atom is -0.457 e. The molecule has 0 fully saturated rings. The van der Waals surface area contributed by atoms with Gasteiger partial charge in [0, 0.05) is 24.9 Å². The molecule has 0 spiro atoms. The molecule has 0 aliphatic heterocycles. The first-order chi connectivity index (χ1) is 12.7. The summed E-state index contributed by atoms with van der Waals surface area (Å²) < 4.78 is 18.1. The smallest absolute Gasteiger partial charge is 0.232 e. The van der Waals surface area contributed by atoms with Crippen molar-refractivity contribution in [1.29, 1.82) is 0 Å². The largest absolute Gasteiger partial charge is 0.457 e. The Bertz CT molecular complexity index is 911. The van der Waals surface area contributed by atoms with Gasteiger partial charge in [0.25, 0.3) is 0 Å². The molecule has 0 aliphatic rings. The SMILES string of the molecule is C=C(COC)c1ccccc1Oc1cccc(Oc2ncccc2I)c1. The van der Waals surface area contributed by atoms with E-state index in [0.29, 0.717) is 24.0 Å². The Morgan fingerprint density at radius 3 is 2.54 bits per heavy atom. The van der Waals surface area contributed by atoms with Gasteiger partial charge in [-0.2, -0.15) is 0 Å². The third-order valence-electron chi connectivity index (χ3n) is 3.56. The molecular formula is C21H18INO3. The maximum Gasteiger partial charge on any atom is 0.232 e. The van der Waals surface area contributed by atoms with Crippen molar-refractivity contribution in [2.75, 3.05) is 13.7 Å². The van der Waals surface area contributed by atoms with Crippen molar-refractivity contribution in [2.45, 2.75) is 0 Å². The van der Waals surface area contributed by atoms with Gasteiger partial charge in [-0.15, -0.1) is 0 Å². The molecule has 26 heavy (non-hydrogen) atoms. The van der Waals surface area contributed by atoms with E-state index in [0.717, 1.165) is 20.5 Å². The van der Waals surface area contributed by atoms with Crippen LogP contribution in [-0.2, 0) is 4.74 Å². The number of benzene rings is 2. The Morgan fingerprint density at radius 1 is 1.00 bits per heavy atom. The summed E-state index contributed by atoms with van der Waals surface area (Å²) in [5, 5.41) is 0. The third-order valence-corrected chi connectivity index (χ3v) is 4.38. The fraction of sp³-hybridized carbons (Fsp3) is 0.0952. The van der Waals surface area contributed by atoms with E-state index in [2.05, 4.69) is 34.2 Å². The van der Waals surface area contributed by atoms with E-state index in [9.17, 15) is 0 Å². The molecule has 0 atom stereocenters. The number of rotatable bonds is 7. The summed E-state index contributed by atoms with van der Waals surface area (Å²) in [5.74, 6) is 2.62. The van der Waals surface area contributed by atoms with E-state index >= 15 is 0 Å². The van der Waals surface area contributed by atoms with Gasteiger partial charge >= 0.3 is 0 Å². The fourth-order valence-electron chi connectivity index (χ4n) is 2.39. The quantitative estimate of drug-likeness (QED) is 0.411. The molecule has 1 heterocycles. The number of hydrogen-bond donors (Lipinski definition) is 0. The highest BCUT2D eigenvalue weighted by atomic mass is 127. The summed E-state index contributed by atoms with van der Waals surface area (Å²) in [7, 11) is 1.65. The van der Waals surface area contributed by atoms with E-state index in [1.165, 1.54) is 0 Å². The van der Waals surface area contributed by atoms with Gasteiger partial charge in [-0.25, -0.2) is 4.98 Å². The number of nitrogens with zero attached hydrogens (tertiary/aromatic N) is 1. The summed E-state index contributed by atoms with van der Waals surface area (Å²) >= 11 is 2.19. The lowest BCUT2D eigenvalue weighted by Crippen LogP contribution is -1.96. The predicted molar refractivity (Wildman–Crippen MR) is 111 cm³/mol. The number of methoxy groups -OCH3 is 1. The maximum atomic E-state index is 6.07. The third kappa shape index (κ3) is 4.62. The highest BCUT2D eigenvalue weighted by molar-refractivity contribution is 14.1. The van der Waals surface area contributed by atoms with Gasteiger partial charge < -0.3 is 14.2 Å². The van der Waals surface area contributed by atoms with E-state index in [1.807, 2.05) is 60.7 Å². The van der Waals surface area contributed by atoms with Gasteiger partial charge in [0.2, 0.25) is 5.88 Å². The molecule has 0 radical (unpaired) electrons. The summed E-state index contributed by atoms with van der Waals surface area (Å²) in [6, 6.07) is 19.0. The maximum absolute atomic E-state index is 6.07. The lowest BCUT2D eigenvalue weighted by atomic mass is 10.1. The Labute approximate surface area is 166 Å². The van der Waals surface area contributed by atoms with Gasteiger partial charge in [-0.3, -0.25) is 0 Å². The van der Waals surface area contributed by atoms with E-state index in [-0.39, 0.29) is 0 Å². The number of halogens is 1. The molecule has 4 nitrogen and oxygen atoms in total. The fourth-order valence-corrected chi connectivity index (χ4v) is 2.84. The zero-order valence-electron chi connectivity index (χ0n) is 14.3. The van der Waals surface area contributed by atoms with Gasteiger partial charge in [0.1, 0.15) is 17.2 Å². The van der Waals surface area contributed by atoms with Crippen LogP contribution in [-0.4, -0.2) is 18.7 Å². The highest BCUT2D eigenvalue weighted by Gasteiger charge is 2.09. The topological polar surface area (TPSA) is 40.6 Å². The van der Waals surface area contributed by atoms with Crippen LogP contribution in [0.5, 0.6) is 23.1 Å². The minimum absolute atomic E-state index is 0.446. The normalized spacial score (nSPS) is 10.4. The standard InChI is InChI=1S/C21H18INO3/c1-15(14-24-2)18-9-3-4-11-20(18)25-16-7-5-8-17(13-16)26-21-19(22)10-6-12-23-21/h3-13H,1,14H2,2H3. The molecule has 3 aromatic rings. The second-order valence-electron chi connectivity index (χ2n) is 5.50. The molecule has 5 heteroatoms. The monoisotopic (exact) mass is 459 g/mol. The molecule has 132 valence electrons. The minimum atomic E-state index is 0.446. The first-order valence-electron chi connectivity index (χ1n) is 8.00. The second-order valence-corrected chi connectivity index (χ2v) is 6.66. The zero-order chi connectivity index (χ0) is 18.4. The van der Waals surface area contributed by atoms with Crippen LogP contribution in [0.15, 0.2) is 73.4 Å². The molecule has 2 aromatic carbocycles. The van der Waals surface area contributed by atoms with Crippen LogP contribution < -0.4 is 9.47 Å². The molecule has 0 amide bonds. The average molecular weight is 459 g/mol. The van der Waals surface area contributed by atoms with Gasteiger partial charge in [0.15, 0.2) is 0 Å². The molecule has 3 rings (SSSR count). The number of pyridine rings is 1. The summed E-state index contributed by atoms with van der Waals surface area (Å²) in [6.07, 6.45) is 1.70. The second kappa shape index (κ2) is 8.82. The average Bonchev–Trinajstić information content (AvgIpc) is 2.65. The predicted octanol–water partition coefficient (Wildman–Crippen LogP) is 5.93. The van der Waals surface area contributed by atoms with Crippen LogP contribution in [0.1, 0.15) is 5.56 Å². The van der Waals surface area contributed by atoms with Gasteiger partial charge in [0.05, 0.1) is 10.2 Å². The first kappa shape index (κ1) is 18.4. The summed E-state index contributed by atoms with van der Waals surface area (Å²) in [4.78, 5) is 4.25. The zero-order valence-corrected chi connectivity index (χ0v) is 16.5. The number of para-hydroxylation sites is 1. The number of ether oxygens (including phenoxy) is 3. The van der Waals surface area contributed by atoms with Crippen molar-refractivity contribution < 1.29 is 14.2 Å². The van der Waals surface area contributed by atoms with Crippen molar-refractivity contribution >= 4 is 28.2 Å². The van der Waals surface area contributed by atoms with Crippen molar-refractivity contribution in [3.05, 3.63) is 82.6 Å². The highest BCUT2D eigenvalue weighted by Crippen LogP contribution is 2.32. The van der Waals surface area contributed by atoms with Crippen molar-refractivity contribution in [2.24, 2.45) is 0 Å². The lowest BCUT2D eigenvalue weighted by Gasteiger charge is -2.13. The molecule has 0 N–H and O–H groups in total. The van der Waals surface area contributed by atoms with E-state index in [4.69, 9.17) is 14.2 Å². The van der Waals surface area contributed by atoms with Gasteiger partial charge in [-0.1, -0.05) is 30.8 Å². The first-order valence-corrected chi connectivity index (χ1v) is 9.07. The van der Waals surface area contributed by atoms with Crippen LogP contribution in [0.25, 0.3) is 5.57 Å². The van der Waals surface area contributed by atoms with Crippen molar-refractivity contribution in [1.82, 2.24) is 4.98 Å². The summed E-state index contributed by atoms with van der Waals surface area (Å²) in [6.45, 7) is 4.51. The number of hydrogen-bond acceptors (Lipinski definition) is 4. The van der Waals surface area contributed by atoms with Crippen LogP contribution in [0.3, 0.4) is 0 Å². The molecule has 0 unspecified atom stereocenters. The Kier molecular flexibility index (Phi) is 6.25. The van der Waals surface area contributed by atoms with Crippen LogP contribution in [0.4, 0.5) is 0 Å². The molecule has 0 saturated carbocycles. The van der Waals surface area contributed by atoms with E-state index < -0.39 is 0 Å². The Hall–Kier alpha value is -2.38. The molecular weight excluding hydrogens is 441 g/mol. The van der Waals surface area contributed by atoms with Crippen molar-refractivity contribution in [3.63, 3.8) is 0 Å². The Morgan fingerprint density at radius 2 is 1.77 bits per heavy atom. The molecule has 1 aromatic heterocycles.